The molecule has 0 saturated heterocycles. The molecule has 4 heterocycles. The number of hydrogen-bond donors (Lipinski definition) is 5. The quantitative estimate of drug-likeness (QED) is 0.0364. The summed E-state index contributed by atoms with van der Waals surface area (Å²) in [5, 5.41) is 47.3. The van der Waals surface area contributed by atoms with Gasteiger partial charge in [0.15, 0.2) is 20.9 Å². The molecule has 0 saturated carbocycles. The molecule has 18 heteroatoms. The molecule has 5 unspecified atom stereocenters. The van der Waals surface area contributed by atoms with Gasteiger partial charge in [0.2, 0.25) is 0 Å². The highest BCUT2D eigenvalue weighted by Gasteiger charge is 2.43. The van der Waals surface area contributed by atoms with Crippen molar-refractivity contribution < 1.29 is 82.1 Å². The van der Waals surface area contributed by atoms with Gasteiger partial charge in [0.1, 0.15) is 48.8 Å². The van der Waals surface area contributed by atoms with E-state index >= 15 is 0 Å². The molecule has 90 heavy (non-hydrogen) atoms. The van der Waals surface area contributed by atoms with Crippen molar-refractivity contribution in [2.45, 2.75) is 220 Å². The van der Waals surface area contributed by atoms with E-state index in [1.165, 1.54) is 7.11 Å². The Balaban J connectivity index is 0.00000113. The van der Waals surface area contributed by atoms with E-state index in [4.69, 9.17) is 61.6 Å². The van der Waals surface area contributed by atoms with Gasteiger partial charge in [-0.15, -0.1) is 39.5 Å². The van der Waals surface area contributed by atoms with Crippen LogP contribution in [0.3, 0.4) is 0 Å². The molecule has 0 radical (unpaired) electrons. The zero-order chi connectivity index (χ0) is 69.6. The highest BCUT2D eigenvalue weighted by atomic mass is 28.4. The summed E-state index contributed by atoms with van der Waals surface area (Å²) < 4.78 is 68.2. The average molecular weight is 1290 g/mol. The van der Waals surface area contributed by atoms with Crippen LogP contribution < -0.4 is 0 Å². The Labute approximate surface area is 545 Å². The summed E-state index contributed by atoms with van der Waals surface area (Å²) >= 11 is 0. The molecule has 0 aromatic rings. The first kappa shape index (κ1) is 85.9. The highest BCUT2D eigenvalue weighted by Crippen LogP contribution is 2.40. The van der Waals surface area contributed by atoms with Gasteiger partial charge >= 0.3 is 0 Å². The molecule has 21 atom stereocenters. The molecular weight excluding hydrogens is 1160 g/mol. The van der Waals surface area contributed by atoms with Gasteiger partial charge in [-0.3, -0.25) is 0 Å². The van der Waals surface area contributed by atoms with Crippen LogP contribution in [0.5, 0.6) is 0 Å². The lowest BCUT2D eigenvalue weighted by Crippen LogP contribution is -2.49. The van der Waals surface area contributed by atoms with E-state index in [2.05, 4.69) is 119 Å². The summed E-state index contributed by atoms with van der Waals surface area (Å²) in [5.74, 6) is 0.861. The molecule has 0 amide bonds. The number of allylic oxidation sites excluding steroid dienone is 1. The largest absolute Gasteiger partial charge is 0.495 e. The zero-order valence-electron chi connectivity index (χ0n) is 59.5. The molecule has 0 spiro atoms. The number of ether oxygens (including phenoxy) is 11. The van der Waals surface area contributed by atoms with Crippen LogP contribution in [0.25, 0.3) is 0 Å². The summed E-state index contributed by atoms with van der Waals surface area (Å²) in [7, 11) is 7.86. The fourth-order valence-electron chi connectivity index (χ4n) is 10.5. The highest BCUT2D eigenvalue weighted by molar-refractivity contribution is 6.74. The fourth-order valence-corrected chi connectivity index (χ4v) is 11.9. The van der Waals surface area contributed by atoms with Crippen molar-refractivity contribution in [3.8, 4) is 0 Å². The minimum Gasteiger partial charge on any atom is -0.495 e. The molecule has 0 aromatic heterocycles. The van der Waals surface area contributed by atoms with Gasteiger partial charge < -0.3 is 82.1 Å². The van der Waals surface area contributed by atoms with E-state index < -0.39 is 33.1 Å². The molecule has 0 bridgehead atoms. The van der Waals surface area contributed by atoms with Crippen molar-refractivity contribution >= 4 is 8.32 Å². The minimum absolute atomic E-state index is 0.0166. The van der Waals surface area contributed by atoms with Gasteiger partial charge in [0.25, 0.3) is 5.95 Å². The molecule has 4 rings (SSSR count). The maximum atomic E-state index is 9.82. The molecule has 0 aliphatic carbocycles. The number of rotatable bonds is 28. The Kier molecular flexibility index (Phi) is 41.1. The smallest absolute Gasteiger partial charge is 0.275 e. The van der Waals surface area contributed by atoms with Crippen LogP contribution in [0, 0.1) is 35.5 Å². The number of aliphatic hydroxyl groups excluding tert-OH is 5. The van der Waals surface area contributed by atoms with Crippen molar-refractivity contribution in [3.63, 3.8) is 0 Å². The van der Waals surface area contributed by atoms with Crippen molar-refractivity contribution in [1.82, 2.24) is 0 Å². The third-order valence-corrected chi connectivity index (χ3v) is 21.7. The molecule has 4 aliphatic rings. The van der Waals surface area contributed by atoms with E-state index in [0.29, 0.717) is 5.92 Å². The first-order chi connectivity index (χ1) is 42.1. The molecule has 0 fully saturated rings. The van der Waals surface area contributed by atoms with Crippen molar-refractivity contribution in [1.29, 1.82) is 0 Å². The van der Waals surface area contributed by atoms with Crippen LogP contribution in [0.15, 0.2) is 146 Å². The predicted octanol–water partition coefficient (Wildman–Crippen LogP) is 13.2. The van der Waals surface area contributed by atoms with E-state index in [0.717, 1.165) is 39.9 Å². The monoisotopic (exact) mass is 1290 g/mol. The van der Waals surface area contributed by atoms with Gasteiger partial charge in [-0.2, -0.15) is 0 Å². The van der Waals surface area contributed by atoms with Gasteiger partial charge in [0, 0.05) is 83.7 Å². The Morgan fingerprint density at radius 3 is 1.39 bits per heavy atom. The zero-order valence-corrected chi connectivity index (χ0v) is 60.5. The van der Waals surface area contributed by atoms with E-state index in [-0.39, 0.29) is 121 Å². The SMILES string of the molecule is C=C[C@H](OC)C1OC(O)=C(C)C[C@H]1C.C=C[C@H](OC)C1OC=C(C)C(O)[C@H]1C.C=C[C@H](OC)C1O[C@H](O[C@H]2OC([C@H](C=C)OC)[C@H](C)C=C2C)C(C)=C[C@H]1C.C=C[C@H](OC)[C@@H](O)[C@H](C)/C=C(/C)CO.C=C[C@H](OC)[C@@H](O[Si](C)(C)C(C)(C)C)[C@H](C)/C=C(/C)CO. The van der Waals surface area contributed by atoms with Crippen LogP contribution in [0.4, 0.5) is 0 Å². The third-order valence-electron chi connectivity index (χ3n) is 17.2. The maximum Gasteiger partial charge on any atom is 0.275 e. The Bertz CT molecular complexity index is 2270. The summed E-state index contributed by atoms with van der Waals surface area (Å²) in [4.78, 5) is 0. The Morgan fingerprint density at radius 2 is 1.02 bits per heavy atom. The third kappa shape index (κ3) is 26.7. The van der Waals surface area contributed by atoms with Gasteiger partial charge in [-0.05, 0) is 82.8 Å². The average Bonchev–Trinajstić information content (AvgIpc) is 0.946. The maximum absolute atomic E-state index is 9.82. The fraction of sp³-hybridized carbons (Fsp3) is 0.667. The van der Waals surface area contributed by atoms with Crippen LogP contribution in [0.2, 0.25) is 18.1 Å². The van der Waals surface area contributed by atoms with Gasteiger partial charge in [-0.1, -0.05) is 134 Å². The second-order valence-electron chi connectivity index (χ2n) is 25.7. The first-order valence-corrected chi connectivity index (χ1v) is 34.3. The lowest BCUT2D eigenvalue weighted by molar-refractivity contribution is -0.270. The Hall–Kier alpha value is -4.06. The summed E-state index contributed by atoms with van der Waals surface area (Å²) in [6.07, 6.45) is 16.9. The van der Waals surface area contributed by atoms with E-state index in [1.807, 2.05) is 61.5 Å². The van der Waals surface area contributed by atoms with Crippen LogP contribution >= 0.6 is 0 Å². The number of aliphatic hydroxyl groups is 5. The van der Waals surface area contributed by atoms with Crippen LogP contribution in [0.1, 0.15) is 110 Å². The summed E-state index contributed by atoms with van der Waals surface area (Å²) in [6, 6.07) is 0. The molecule has 0 aromatic carbocycles. The lowest BCUT2D eigenvalue weighted by atomic mass is 9.88. The van der Waals surface area contributed by atoms with Gasteiger partial charge in [-0.25, -0.2) is 0 Å². The number of methoxy groups -OCH3 is 6. The lowest BCUT2D eigenvalue weighted by Gasteiger charge is -2.42. The molecule has 4 aliphatic heterocycles. The molecule has 518 valence electrons. The van der Waals surface area contributed by atoms with Crippen LogP contribution in [-0.2, 0) is 56.5 Å². The number of hydrogen-bond acceptors (Lipinski definition) is 17. The Morgan fingerprint density at radius 1 is 0.622 bits per heavy atom. The topological polar surface area (TPSA) is 212 Å². The molecular formula is C72H124O17Si. The van der Waals surface area contributed by atoms with Crippen molar-refractivity contribution in [3.05, 3.63) is 146 Å². The molecule has 17 nitrogen and oxygen atoms in total. The van der Waals surface area contributed by atoms with Crippen molar-refractivity contribution in [2.24, 2.45) is 35.5 Å². The second-order valence-corrected chi connectivity index (χ2v) is 30.4. The minimum atomic E-state index is -1.91. The van der Waals surface area contributed by atoms with E-state index in [9.17, 15) is 20.4 Å². The van der Waals surface area contributed by atoms with E-state index in [1.54, 1.807) is 78.3 Å². The first-order valence-electron chi connectivity index (χ1n) is 31.4. The predicted molar refractivity (Wildman–Crippen MR) is 366 cm³/mol. The van der Waals surface area contributed by atoms with Crippen molar-refractivity contribution in [2.75, 3.05) is 55.9 Å². The molecule has 5 N–H and O–H groups in total. The standard InChI is InChI=1S/C22H34O5.C17H34O3Si.2C11H18O3.C11H20O3/c1-9-17(23-7)19-13(3)11-15(5)21(25-19)27-22-16(6)12-14(4)20(26-22)18(10-2)24-8;1-10-15(19-7)16(14(3)11-13(2)12-18)20-21(8,9)17(4,5)6;1-5-9(13-4)11-8(3)10(12)7(2)6-14-11;1-5-9(13-4)10-7(2)6-8(3)11(12)14-10;1-5-10(14-4)11(13)9(3)6-8(2)7-12/h9-14,17-22H,1-2H2,3-8H3;10-11,14-16,18H,1,12H2,2-9H3;5-6,8-12H,1H2,2-4H3;5,7,9-10,12H,1,6H2,2-4H3;5-6,9-13H,1,7H2,2-4H3/b;13-11-;;;8-6-/t13-,14-,17+,18+,19?,20?,21-,22-;14-,15+,16+;8-,9+,10?,11?;7-,9+,10?;9-,10+,11+/m11111/s1. The summed E-state index contributed by atoms with van der Waals surface area (Å²) in [5.41, 5.74) is 5.59. The van der Waals surface area contributed by atoms with Crippen LogP contribution in [-0.4, -0.2) is 182 Å². The van der Waals surface area contributed by atoms with Gasteiger partial charge in [0.05, 0.1) is 50.0 Å². The second kappa shape index (κ2) is 43.0. The normalized spacial score (nSPS) is 28.0. The summed E-state index contributed by atoms with van der Waals surface area (Å²) in [6.45, 7) is 57.5.